The van der Waals surface area contributed by atoms with Crippen LogP contribution in [-0.4, -0.2) is 41.1 Å². The summed E-state index contributed by atoms with van der Waals surface area (Å²) in [5.41, 5.74) is 1.28. The van der Waals surface area contributed by atoms with E-state index in [0.717, 1.165) is 25.7 Å². The molecule has 5 heteroatoms. The van der Waals surface area contributed by atoms with Crippen molar-refractivity contribution in [3.05, 3.63) is 35.9 Å². The Hall–Kier alpha value is -2.04. The van der Waals surface area contributed by atoms with E-state index in [1.54, 1.807) is 4.90 Å². The fourth-order valence-electron chi connectivity index (χ4n) is 3.85. The van der Waals surface area contributed by atoms with Crippen molar-refractivity contribution in [2.75, 3.05) is 13.1 Å². The minimum absolute atomic E-state index is 0.108. The van der Waals surface area contributed by atoms with Gasteiger partial charge in [-0.25, -0.2) is 4.79 Å². The molecular formula is C18H24N2O3. The fourth-order valence-corrected chi connectivity index (χ4v) is 3.85. The van der Waals surface area contributed by atoms with Gasteiger partial charge in [-0.05, 0) is 31.2 Å². The minimum Gasteiger partial charge on any atom is -0.481 e. The number of hydrogen-bond acceptors (Lipinski definition) is 2. The monoisotopic (exact) mass is 316 g/mol. The van der Waals surface area contributed by atoms with Gasteiger partial charge in [0.25, 0.3) is 0 Å². The highest BCUT2D eigenvalue weighted by Crippen LogP contribution is 2.34. The van der Waals surface area contributed by atoms with Gasteiger partial charge in [-0.15, -0.1) is 0 Å². The molecule has 2 fully saturated rings. The van der Waals surface area contributed by atoms with Crippen LogP contribution in [0, 0.1) is 5.92 Å². The first-order valence-electron chi connectivity index (χ1n) is 8.48. The van der Waals surface area contributed by atoms with Crippen LogP contribution in [0.15, 0.2) is 30.3 Å². The van der Waals surface area contributed by atoms with Gasteiger partial charge in [-0.2, -0.15) is 0 Å². The zero-order valence-electron chi connectivity index (χ0n) is 13.3. The molecule has 0 bridgehead atoms. The number of likely N-dealkylation sites (tertiary alicyclic amines) is 1. The van der Waals surface area contributed by atoms with Crippen molar-refractivity contribution in [1.82, 2.24) is 10.2 Å². The Labute approximate surface area is 136 Å². The summed E-state index contributed by atoms with van der Waals surface area (Å²) in [4.78, 5) is 25.3. The van der Waals surface area contributed by atoms with Crippen molar-refractivity contribution < 1.29 is 14.7 Å². The van der Waals surface area contributed by atoms with E-state index in [-0.39, 0.29) is 12.1 Å². The second kappa shape index (κ2) is 7.02. The van der Waals surface area contributed by atoms with Gasteiger partial charge in [0.1, 0.15) is 0 Å². The molecule has 1 aliphatic carbocycles. The number of rotatable bonds is 3. The number of amides is 2. The quantitative estimate of drug-likeness (QED) is 0.901. The molecule has 5 nitrogen and oxygen atoms in total. The van der Waals surface area contributed by atoms with Crippen LogP contribution in [0.25, 0.3) is 0 Å². The molecule has 2 aliphatic rings. The molecule has 0 aromatic heterocycles. The Balaban J connectivity index is 1.62. The summed E-state index contributed by atoms with van der Waals surface area (Å²) in [5.74, 6) is -0.867. The molecule has 3 atom stereocenters. The number of carboxylic acids is 1. The second-order valence-corrected chi connectivity index (χ2v) is 6.63. The van der Waals surface area contributed by atoms with Crippen LogP contribution in [0.4, 0.5) is 4.79 Å². The highest BCUT2D eigenvalue weighted by molar-refractivity contribution is 5.77. The predicted octanol–water partition coefficient (Wildman–Crippen LogP) is 2.83. The van der Waals surface area contributed by atoms with Crippen LogP contribution in [0.5, 0.6) is 0 Å². The maximum atomic E-state index is 12.5. The Kier molecular flexibility index (Phi) is 4.84. The second-order valence-electron chi connectivity index (χ2n) is 6.63. The Bertz CT molecular complexity index is 561. The van der Waals surface area contributed by atoms with Gasteiger partial charge in [0.2, 0.25) is 0 Å². The largest absolute Gasteiger partial charge is 0.481 e. The first-order chi connectivity index (χ1) is 11.1. The molecule has 23 heavy (non-hydrogen) atoms. The lowest BCUT2D eigenvalue weighted by Gasteiger charge is -2.32. The zero-order valence-corrected chi connectivity index (χ0v) is 13.3. The summed E-state index contributed by atoms with van der Waals surface area (Å²) in [6.07, 6.45) is 4.61. The maximum absolute atomic E-state index is 12.5. The number of carboxylic acid groups (broad SMARTS) is 1. The van der Waals surface area contributed by atoms with Gasteiger partial charge in [-0.3, -0.25) is 4.79 Å². The smallest absolute Gasteiger partial charge is 0.317 e. The van der Waals surface area contributed by atoms with Gasteiger partial charge in [0, 0.05) is 25.0 Å². The molecule has 1 saturated heterocycles. The fraction of sp³-hybridized carbons (Fsp3) is 0.556. The average molecular weight is 316 g/mol. The molecule has 124 valence electrons. The SMILES string of the molecule is O=C(O)C1CCCN(C(=O)NC2CCCC2c2ccccc2)C1. The van der Waals surface area contributed by atoms with Crippen molar-refractivity contribution in [3.63, 3.8) is 0 Å². The van der Waals surface area contributed by atoms with E-state index in [0.29, 0.717) is 25.4 Å². The summed E-state index contributed by atoms with van der Waals surface area (Å²) < 4.78 is 0. The molecule has 0 radical (unpaired) electrons. The normalized spacial score (nSPS) is 27.7. The molecule has 3 rings (SSSR count). The molecule has 0 spiro atoms. The minimum atomic E-state index is -0.800. The third-order valence-corrected chi connectivity index (χ3v) is 5.11. The summed E-state index contributed by atoms with van der Waals surface area (Å²) in [5, 5.41) is 12.3. The average Bonchev–Trinajstić information content (AvgIpc) is 3.04. The molecular weight excluding hydrogens is 292 g/mol. The zero-order chi connectivity index (χ0) is 16.2. The van der Waals surface area contributed by atoms with E-state index < -0.39 is 11.9 Å². The first kappa shape index (κ1) is 15.8. The third kappa shape index (κ3) is 3.66. The lowest BCUT2D eigenvalue weighted by Crippen LogP contribution is -2.50. The van der Waals surface area contributed by atoms with E-state index in [1.165, 1.54) is 5.56 Å². The summed E-state index contributed by atoms with van der Waals surface area (Å²) in [7, 11) is 0. The maximum Gasteiger partial charge on any atom is 0.317 e. The van der Waals surface area contributed by atoms with Crippen molar-refractivity contribution >= 4 is 12.0 Å². The number of urea groups is 1. The number of carbonyl (C=O) groups excluding carboxylic acids is 1. The molecule has 1 aliphatic heterocycles. The van der Waals surface area contributed by atoms with Crippen molar-refractivity contribution in [2.45, 2.75) is 44.1 Å². The van der Waals surface area contributed by atoms with Crippen LogP contribution < -0.4 is 5.32 Å². The van der Waals surface area contributed by atoms with E-state index >= 15 is 0 Å². The van der Waals surface area contributed by atoms with E-state index in [9.17, 15) is 9.59 Å². The number of nitrogens with zero attached hydrogens (tertiary/aromatic N) is 1. The first-order valence-corrected chi connectivity index (χ1v) is 8.48. The number of hydrogen-bond donors (Lipinski definition) is 2. The van der Waals surface area contributed by atoms with Crippen LogP contribution in [0.1, 0.15) is 43.6 Å². The van der Waals surface area contributed by atoms with Crippen molar-refractivity contribution in [3.8, 4) is 0 Å². The van der Waals surface area contributed by atoms with E-state index in [1.807, 2.05) is 18.2 Å². The third-order valence-electron chi connectivity index (χ3n) is 5.11. The highest BCUT2D eigenvalue weighted by Gasteiger charge is 2.33. The van der Waals surface area contributed by atoms with Gasteiger partial charge < -0.3 is 15.3 Å². The van der Waals surface area contributed by atoms with Gasteiger partial charge in [0.05, 0.1) is 5.92 Å². The topological polar surface area (TPSA) is 69.6 Å². The number of carbonyl (C=O) groups is 2. The molecule has 3 unspecified atom stereocenters. The standard InChI is InChI=1S/C18H24N2O3/c21-17(22)14-8-5-11-20(12-14)18(23)19-16-10-4-9-15(16)13-6-2-1-3-7-13/h1-3,6-7,14-16H,4-5,8-12H2,(H,19,23)(H,21,22). The Morgan fingerprint density at radius 2 is 1.87 bits per heavy atom. The lowest BCUT2D eigenvalue weighted by atomic mass is 9.94. The summed E-state index contributed by atoms with van der Waals surface area (Å²) in [6.45, 7) is 0.974. The highest BCUT2D eigenvalue weighted by atomic mass is 16.4. The molecule has 2 amide bonds. The Morgan fingerprint density at radius 3 is 2.61 bits per heavy atom. The number of aliphatic carboxylic acids is 1. The number of benzene rings is 1. The van der Waals surface area contributed by atoms with Gasteiger partial charge >= 0.3 is 12.0 Å². The molecule has 2 N–H and O–H groups in total. The molecule has 1 heterocycles. The number of nitrogens with one attached hydrogen (secondary N) is 1. The van der Waals surface area contributed by atoms with Crippen LogP contribution >= 0.6 is 0 Å². The number of piperidine rings is 1. The molecule has 1 aromatic carbocycles. The Morgan fingerprint density at radius 1 is 1.09 bits per heavy atom. The van der Waals surface area contributed by atoms with Gasteiger partial charge in [0.15, 0.2) is 0 Å². The van der Waals surface area contributed by atoms with Crippen molar-refractivity contribution in [2.24, 2.45) is 5.92 Å². The predicted molar refractivity (Wildman–Crippen MR) is 87.3 cm³/mol. The van der Waals surface area contributed by atoms with Crippen LogP contribution in [0.3, 0.4) is 0 Å². The van der Waals surface area contributed by atoms with Gasteiger partial charge in [-0.1, -0.05) is 36.8 Å². The van der Waals surface area contributed by atoms with Crippen LogP contribution in [0.2, 0.25) is 0 Å². The summed E-state index contributed by atoms with van der Waals surface area (Å²) >= 11 is 0. The lowest BCUT2D eigenvalue weighted by molar-refractivity contribution is -0.143. The van der Waals surface area contributed by atoms with Crippen LogP contribution in [-0.2, 0) is 4.79 Å². The summed E-state index contributed by atoms with van der Waals surface area (Å²) in [6, 6.07) is 10.4. The molecule has 1 saturated carbocycles. The van der Waals surface area contributed by atoms with Crippen molar-refractivity contribution in [1.29, 1.82) is 0 Å². The van der Waals surface area contributed by atoms with E-state index in [4.69, 9.17) is 5.11 Å². The van der Waals surface area contributed by atoms with E-state index in [2.05, 4.69) is 17.4 Å². The molecule has 1 aromatic rings.